The summed E-state index contributed by atoms with van der Waals surface area (Å²) in [5, 5.41) is 15.3. The average Bonchev–Trinajstić information content (AvgIpc) is 2.47. The van der Waals surface area contributed by atoms with Crippen LogP contribution in [0.25, 0.3) is 0 Å². The first-order chi connectivity index (χ1) is 10.1. The summed E-state index contributed by atoms with van der Waals surface area (Å²) in [5.74, 6) is -0.417. The molecular formula is C17H20N2O2. The SMILES string of the molecule is Cc1ccccc1CNc1ccccc1NC(=O)[C@@H](C)O. The highest BCUT2D eigenvalue weighted by Gasteiger charge is 2.11. The van der Waals surface area contributed by atoms with E-state index in [0.717, 1.165) is 5.69 Å². The minimum absolute atomic E-state index is 0.417. The molecule has 0 bridgehead atoms. The molecule has 4 heteroatoms. The van der Waals surface area contributed by atoms with Gasteiger partial charge in [-0.15, -0.1) is 0 Å². The summed E-state index contributed by atoms with van der Waals surface area (Å²) in [6, 6.07) is 15.6. The molecule has 0 aromatic heterocycles. The van der Waals surface area contributed by atoms with E-state index in [1.807, 2.05) is 30.3 Å². The van der Waals surface area contributed by atoms with Crippen LogP contribution < -0.4 is 10.6 Å². The van der Waals surface area contributed by atoms with E-state index in [2.05, 4.69) is 29.7 Å². The summed E-state index contributed by atoms with van der Waals surface area (Å²) < 4.78 is 0. The van der Waals surface area contributed by atoms with Gasteiger partial charge in [-0.3, -0.25) is 4.79 Å². The van der Waals surface area contributed by atoms with Crippen LogP contribution in [0.2, 0.25) is 0 Å². The first kappa shape index (κ1) is 15.1. The summed E-state index contributed by atoms with van der Waals surface area (Å²) in [5.41, 5.74) is 3.91. The minimum atomic E-state index is -1.03. The fourth-order valence-electron chi connectivity index (χ4n) is 1.98. The van der Waals surface area contributed by atoms with Gasteiger partial charge in [-0.05, 0) is 37.1 Å². The molecule has 0 saturated heterocycles. The number of carbonyl (C=O) groups excluding carboxylic acids is 1. The van der Waals surface area contributed by atoms with Gasteiger partial charge < -0.3 is 15.7 Å². The number of benzene rings is 2. The quantitative estimate of drug-likeness (QED) is 0.791. The van der Waals surface area contributed by atoms with E-state index in [9.17, 15) is 9.90 Å². The lowest BCUT2D eigenvalue weighted by molar-refractivity contribution is -0.123. The zero-order valence-corrected chi connectivity index (χ0v) is 12.3. The van der Waals surface area contributed by atoms with Crippen molar-refractivity contribution in [3.63, 3.8) is 0 Å². The average molecular weight is 284 g/mol. The standard InChI is InChI=1S/C17H20N2O2/c1-12-7-3-4-8-14(12)11-18-15-9-5-6-10-16(15)19-17(21)13(2)20/h3-10,13,18,20H,11H2,1-2H3,(H,19,21)/t13-/m1/s1. The number of hydrogen-bond acceptors (Lipinski definition) is 3. The third-order valence-electron chi connectivity index (χ3n) is 3.29. The largest absolute Gasteiger partial charge is 0.384 e. The van der Waals surface area contributed by atoms with E-state index in [0.29, 0.717) is 12.2 Å². The maximum Gasteiger partial charge on any atom is 0.252 e. The Kier molecular flexibility index (Phi) is 4.95. The Morgan fingerprint density at radius 1 is 1.10 bits per heavy atom. The molecule has 0 aliphatic rings. The van der Waals surface area contributed by atoms with Crippen LogP contribution in [0.3, 0.4) is 0 Å². The van der Waals surface area contributed by atoms with Gasteiger partial charge >= 0.3 is 0 Å². The number of amides is 1. The van der Waals surface area contributed by atoms with Crippen molar-refractivity contribution in [2.45, 2.75) is 26.5 Å². The topological polar surface area (TPSA) is 61.4 Å². The number of anilines is 2. The summed E-state index contributed by atoms with van der Waals surface area (Å²) in [6.07, 6.45) is -1.03. The van der Waals surface area contributed by atoms with Gasteiger partial charge in [-0.25, -0.2) is 0 Å². The van der Waals surface area contributed by atoms with Crippen molar-refractivity contribution in [2.75, 3.05) is 10.6 Å². The molecule has 0 aliphatic carbocycles. The van der Waals surface area contributed by atoms with Crippen molar-refractivity contribution in [3.05, 3.63) is 59.7 Å². The molecule has 2 aromatic carbocycles. The van der Waals surface area contributed by atoms with E-state index < -0.39 is 12.0 Å². The lowest BCUT2D eigenvalue weighted by atomic mass is 10.1. The van der Waals surface area contributed by atoms with Gasteiger partial charge in [0.2, 0.25) is 0 Å². The van der Waals surface area contributed by atoms with Crippen LogP contribution in [-0.2, 0) is 11.3 Å². The molecule has 0 radical (unpaired) electrons. The Bertz CT molecular complexity index is 624. The lowest BCUT2D eigenvalue weighted by Crippen LogP contribution is -2.24. The molecule has 2 rings (SSSR count). The Morgan fingerprint density at radius 2 is 1.71 bits per heavy atom. The molecule has 0 unspecified atom stereocenters. The fourth-order valence-corrected chi connectivity index (χ4v) is 1.98. The van der Waals surface area contributed by atoms with Gasteiger partial charge in [0.25, 0.3) is 5.91 Å². The number of carbonyl (C=O) groups is 1. The molecule has 2 aromatic rings. The highest BCUT2D eigenvalue weighted by atomic mass is 16.3. The van der Waals surface area contributed by atoms with Crippen molar-refractivity contribution in [1.82, 2.24) is 0 Å². The second-order valence-electron chi connectivity index (χ2n) is 4.99. The Hall–Kier alpha value is -2.33. The number of para-hydroxylation sites is 2. The molecule has 0 saturated carbocycles. The smallest absolute Gasteiger partial charge is 0.252 e. The Balaban J connectivity index is 2.10. The molecule has 110 valence electrons. The monoisotopic (exact) mass is 284 g/mol. The van der Waals surface area contributed by atoms with Crippen LogP contribution in [0.1, 0.15) is 18.1 Å². The fraction of sp³-hybridized carbons (Fsp3) is 0.235. The van der Waals surface area contributed by atoms with Gasteiger partial charge in [-0.1, -0.05) is 36.4 Å². The number of aliphatic hydroxyl groups excluding tert-OH is 1. The summed E-state index contributed by atoms with van der Waals surface area (Å²) >= 11 is 0. The molecule has 0 fully saturated rings. The van der Waals surface area contributed by atoms with Gasteiger partial charge in [-0.2, -0.15) is 0 Å². The maximum atomic E-state index is 11.6. The van der Waals surface area contributed by atoms with Crippen LogP contribution in [-0.4, -0.2) is 17.1 Å². The number of nitrogens with one attached hydrogen (secondary N) is 2. The molecule has 4 nitrogen and oxygen atoms in total. The number of rotatable bonds is 5. The Morgan fingerprint density at radius 3 is 2.38 bits per heavy atom. The van der Waals surface area contributed by atoms with Crippen LogP contribution in [0.15, 0.2) is 48.5 Å². The molecule has 21 heavy (non-hydrogen) atoms. The first-order valence-electron chi connectivity index (χ1n) is 6.94. The molecular weight excluding hydrogens is 264 g/mol. The summed E-state index contributed by atoms with van der Waals surface area (Å²) in [4.78, 5) is 11.6. The third kappa shape index (κ3) is 4.07. The van der Waals surface area contributed by atoms with Gasteiger partial charge in [0.05, 0.1) is 11.4 Å². The highest BCUT2D eigenvalue weighted by Crippen LogP contribution is 2.22. The van der Waals surface area contributed by atoms with Crippen molar-refractivity contribution in [2.24, 2.45) is 0 Å². The van der Waals surface area contributed by atoms with Crippen LogP contribution in [0.4, 0.5) is 11.4 Å². The number of aliphatic hydroxyl groups is 1. The summed E-state index contributed by atoms with van der Waals surface area (Å²) in [7, 11) is 0. The zero-order valence-electron chi connectivity index (χ0n) is 12.3. The summed E-state index contributed by atoms with van der Waals surface area (Å²) in [6.45, 7) is 4.19. The minimum Gasteiger partial charge on any atom is -0.384 e. The third-order valence-corrected chi connectivity index (χ3v) is 3.29. The number of hydrogen-bond donors (Lipinski definition) is 3. The van der Waals surface area contributed by atoms with Crippen LogP contribution in [0, 0.1) is 6.92 Å². The van der Waals surface area contributed by atoms with Crippen LogP contribution in [0.5, 0.6) is 0 Å². The van der Waals surface area contributed by atoms with Crippen molar-refractivity contribution in [3.8, 4) is 0 Å². The van der Waals surface area contributed by atoms with E-state index in [1.165, 1.54) is 18.1 Å². The predicted molar refractivity (Wildman–Crippen MR) is 85.3 cm³/mol. The van der Waals surface area contributed by atoms with E-state index in [1.54, 1.807) is 6.07 Å². The molecule has 3 N–H and O–H groups in total. The second-order valence-corrected chi connectivity index (χ2v) is 4.99. The second kappa shape index (κ2) is 6.90. The Labute approximate surface area is 124 Å². The molecule has 0 aliphatic heterocycles. The number of aryl methyl sites for hydroxylation is 1. The van der Waals surface area contributed by atoms with Gasteiger partial charge in [0, 0.05) is 6.54 Å². The first-order valence-corrected chi connectivity index (χ1v) is 6.94. The highest BCUT2D eigenvalue weighted by molar-refractivity contribution is 5.96. The van der Waals surface area contributed by atoms with Crippen molar-refractivity contribution < 1.29 is 9.90 Å². The van der Waals surface area contributed by atoms with E-state index in [-0.39, 0.29) is 0 Å². The van der Waals surface area contributed by atoms with Crippen molar-refractivity contribution >= 4 is 17.3 Å². The van der Waals surface area contributed by atoms with Gasteiger partial charge in [0.15, 0.2) is 0 Å². The molecule has 1 amide bonds. The maximum absolute atomic E-state index is 11.6. The van der Waals surface area contributed by atoms with Crippen molar-refractivity contribution in [1.29, 1.82) is 0 Å². The van der Waals surface area contributed by atoms with E-state index >= 15 is 0 Å². The zero-order chi connectivity index (χ0) is 15.2. The molecule has 0 spiro atoms. The molecule has 1 atom stereocenters. The molecule has 0 heterocycles. The lowest BCUT2D eigenvalue weighted by Gasteiger charge is -2.14. The van der Waals surface area contributed by atoms with E-state index in [4.69, 9.17) is 0 Å². The normalized spacial score (nSPS) is 11.8. The van der Waals surface area contributed by atoms with Gasteiger partial charge in [0.1, 0.15) is 6.10 Å². The van der Waals surface area contributed by atoms with Crippen LogP contribution >= 0.6 is 0 Å². The predicted octanol–water partition coefficient (Wildman–Crippen LogP) is 2.93.